The van der Waals surface area contributed by atoms with Gasteiger partial charge in [-0.2, -0.15) is 0 Å². The molecule has 10 heteroatoms. The molecule has 1 amide bonds. The number of anilines is 1. The molecule has 7 nitrogen and oxygen atoms in total. The Bertz CT molecular complexity index is 1060. The van der Waals surface area contributed by atoms with Crippen LogP contribution in [0.4, 0.5) is 5.69 Å². The molecule has 1 atom stereocenters. The molecule has 31 heavy (non-hydrogen) atoms. The summed E-state index contributed by atoms with van der Waals surface area (Å²) >= 11 is 12.2. The van der Waals surface area contributed by atoms with Gasteiger partial charge in [0.25, 0.3) is 0 Å². The number of carbonyl (C=O) groups excluding carboxylic acids is 1. The third-order valence-electron chi connectivity index (χ3n) is 4.79. The molecule has 168 valence electrons. The van der Waals surface area contributed by atoms with Crippen molar-refractivity contribution in [3.63, 3.8) is 0 Å². The predicted molar refractivity (Wildman–Crippen MR) is 122 cm³/mol. The maximum atomic E-state index is 12.4. The van der Waals surface area contributed by atoms with Gasteiger partial charge in [-0.25, -0.2) is 8.42 Å². The topological polar surface area (TPSA) is 84.9 Å². The lowest BCUT2D eigenvalue weighted by atomic mass is 10.1. The molecule has 0 spiro atoms. The minimum Gasteiger partial charge on any atom is -0.486 e. The number of amides is 1. The third kappa shape index (κ3) is 6.18. The second-order valence-corrected chi connectivity index (χ2v) is 9.98. The van der Waals surface area contributed by atoms with E-state index >= 15 is 0 Å². The van der Waals surface area contributed by atoms with Crippen molar-refractivity contribution in [2.75, 3.05) is 30.3 Å². The van der Waals surface area contributed by atoms with Crippen LogP contribution in [0.1, 0.15) is 31.4 Å². The Morgan fingerprint density at radius 2 is 1.84 bits per heavy atom. The standard InChI is InChI=1S/C21H24Cl2N2O5S/c1-14(15-5-8-19-20(12-15)30-11-10-29-19)24-21(26)4-3-9-25(31(2,27)28)18-13-16(22)6-7-17(18)23/h5-8,12-14H,3-4,9-11H2,1-2H3,(H,24,26). The number of carbonyl (C=O) groups is 1. The van der Waals surface area contributed by atoms with Crippen molar-refractivity contribution in [2.24, 2.45) is 0 Å². The Balaban J connectivity index is 1.58. The number of benzene rings is 2. The van der Waals surface area contributed by atoms with E-state index in [0.717, 1.165) is 11.8 Å². The van der Waals surface area contributed by atoms with E-state index in [0.29, 0.717) is 41.8 Å². The van der Waals surface area contributed by atoms with Crippen LogP contribution in [-0.4, -0.2) is 40.3 Å². The number of ether oxygens (including phenoxy) is 2. The molecule has 0 aliphatic carbocycles. The molecule has 2 aromatic carbocycles. The summed E-state index contributed by atoms with van der Waals surface area (Å²) in [6.07, 6.45) is 1.56. The van der Waals surface area contributed by atoms with Crippen molar-refractivity contribution < 1.29 is 22.7 Å². The van der Waals surface area contributed by atoms with Crippen molar-refractivity contribution >= 4 is 44.8 Å². The van der Waals surface area contributed by atoms with E-state index in [1.54, 1.807) is 12.1 Å². The molecule has 1 aliphatic heterocycles. The van der Waals surface area contributed by atoms with Gasteiger partial charge >= 0.3 is 0 Å². The summed E-state index contributed by atoms with van der Waals surface area (Å²) in [6, 6.07) is 9.94. The van der Waals surface area contributed by atoms with Gasteiger partial charge in [-0.15, -0.1) is 0 Å². The van der Waals surface area contributed by atoms with Gasteiger partial charge in [0.2, 0.25) is 15.9 Å². The summed E-state index contributed by atoms with van der Waals surface area (Å²) < 4.78 is 36.8. The number of nitrogens with one attached hydrogen (secondary N) is 1. The van der Waals surface area contributed by atoms with Crippen LogP contribution in [0.2, 0.25) is 10.0 Å². The van der Waals surface area contributed by atoms with E-state index < -0.39 is 10.0 Å². The zero-order chi connectivity index (χ0) is 22.6. The Morgan fingerprint density at radius 3 is 2.55 bits per heavy atom. The first-order chi connectivity index (χ1) is 14.6. The van der Waals surface area contributed by atoms with E-state index in [4.69, 9.17) is 32.7 Å². The number of hydrogen-bond acceptors (Lipinski definition) is 5. The van der Waals surface area contributed by atoms with Crippen LogP contribution in [0.15, 0.2) is 36.4 Å². The molecule has 0 aromatic heterocycles. The molecule has 1 unspecified atom stereocenters. The monoisotopic (exact) mass is 486 g/mol. The number of hydrogen-bond donors (Lipinski definition) is 1. The van der Waals surface area contributed by atoms with Gasteiger partial charge < -0.3 is 14.8 Å². The van der Waals surface area contributed by atoms with Gasteiger partial charge in [-0.05, 0) is 49.2 Å². The highest BCUT2D eigenvalue weighted by Gasteiger charge is 2.21. The lowest BCUT2D eigenvalue weighted by Crippen LogP contribution is -2.32. The van der Waals surface area contributed by atoms with Crippen LogP contribution in [0.25, 0.3) is 0 Å². The summed E-state index contributed by atoms with van der Waals surface area (Å²) in [5, 5.41) is 3.57. The maximum Gasteiger partial charge on any atom is 0.232 e. The van der Waals surface area contributed by atoms with Crippen molar-refractivity contribution in [3.05, 3.63) is 52.0 Å². The zero-order valence-corrected chi connectivity index (χ0v) is 19.6. The molecule has 0 saturated heterocycles. The fourth-order valence-electron chi connectivity index (χ4n) is 3.25. The number of fused-ring (bicyclic) bond motifs is 1. The van der Waals surface area contributed by atoms with E-state index in [-0.39, 0.29) is 29.9 Å². The van der Waals surface area contributed by atoms with E-state index in [1.807, 2.05) is 25.1 Å². The van der Waals surface area contributed by atoms with Crippen LogP contribution >= 0.6 is 23.2 Å². The minimum absolute atomic E-state index is 0.102. The molecule has 0 fully saturated rings. The minimum atomic E-state index is -3.60. The normalized spacial score (nSPS) is 14.1. The molecular formula is C21H24Cl2N2O5S. The first-order valence-electron chi connectivity index (χ1n) is 9.77. The lowest BCUT2D eigenvalue weighted by Gasteiger charge is -2.24. The average molecular weight is 487 g/mol. The van der Waals surface area contributed by atoms with Gasteiger partial charge in [-0.1, -0.05) is 29.3 Å². The average Bonchev–Trinajstić information content (AvgIpc) is 2.72. The highest BCUT2D eigenvalue weighted by molar-refractivity contribution is 7.92. The Hall–Kier alpha value is -2.16. The largest absolute Gasteiger partial charge is 0.486 e. The molecule has 3 rings (SSSR count). The van der Waals surface area contributed by atoms with Crippen molar-refractivity contribution in [1.82, 2.24) is 5.32 Å². The lowest BCUT2D eigenvalue weighted by molar-refractivity contribution is -0.121. The number of rotatable bonds is 8. The van der Waals surface area contributed by atoms with Gasteiger partial charge in [0.05, 0.1) is 23.0 Å². The van der Waals surface area contributed by atoms with E-state index in [9.17, 15) is 13.2 Å². The van der Waals surface area contributed by atoms with Crippen LogP contribution < -0.4 is 19.1 Å². The van der Waals surface area contributed by atoms with Gasteiger partial charge in [0.1, 0.15) is 13.2 Å². The maximum absolute atomic E-state index is 12.4. The van der Waals surface area contributed by atoms with E-state index in [1.165, 1.54) is 10.4 Å². The zero-order valence-electron chi connectivity index (χ0n) is 17.2. The first kappa shape index (κ1) is 23.5. The van der Waals surface area contributed by atoms with Crippen LogP contribution in [0.3, 0.4) is 0 Å². The predicted octanol–water partition coefficient (Wildman–Crippen LogP) is 4.19. The summed E-state index contributed by atoms with van der Waals surface area (Å²) in [7, 11) is -3.60. The quantitative estimate of drug-likeness (QED) is 0.604. The Kier molecular flexibility index (Phi) is 7.56. The van der Waals surface area contributed by atoms with Crippen LogP contribution in [0.5, 0.6) is 11.5 Å². The molecular weight excluding hydrogens is 463 g/mol. The van der Waals surface area contributed by atoms with Crippen LogP contribution in [-0.2, 0) is 14.8 Å². The molecule has 0 radical (unpaired) electrons. The molecule has 1 aliphatic rings. The summed E-state index contributed by atoms with van der Waals surface area (Å²) in [6.45, 7) is 2.98. The second-order valence-electron chi connectivity index (χ2n) is 7.23. The molecule has 1 N–H and O–H groups in total. The van der Waals surface area contributed by atoms with Gasteiger partial charge in [-0.3, -0.25) is 9.10 Å². The van der Waals surface area contributed by atoms with Crippen molar-refractivity contribution in [1.29, 1.82) is 0 Å². The van der Waals surface area contributed by atoms with Gasteiger partial charge in [0, 0.05) is 18.0 Å². The van der Waals surface area contributed by atoms with Gasteiger partial charge in [0.15, 0.2) is 11.5 Å². The SMILES string of the molecule is CC(NC(=O)CCCN(c1cc(Cl)ccc1Cl)S(C)(=O)=O)c1ccc2c(c1)OCCO2. The molecule has 0 saturated carbocycles. The highest BCUT2D eigenvalue weighted by atomic mass is 35.5. The number of nitrogens with zero attached hydrogens (tertiary/aromatic N) is 1. The third-order valence-corrected chi connectivity index (χ3v) is 6.52. The highest BCUT2D eigenvalue weighted by Crippen LogP contribution is 2.33. The van der Waals surface area contributed by atoms with Crippen LogP contribution in [0, 0.1) is 0 Å². The van der Waals surface area contributed by atoms with Crippen molar-refractivity contribution in [2.45, 2.75) is 25.8 Å². The van der Waals surface area contributed by atoms with Crippen molar-refractivity contribution in [3.8, 4) is 11.5 Å². The fourth-order valence-corrected chi connectivity index (χ4v) is 4.66. The Morgan fingerprint density at radius 1 is 1.13 bits per heavy atom. The summed E-state index contributed by atoms with van der Waals surface area (Å²) in [4.78, 5) is 12.4. The second kappa shape index (κ2) is 9.97. The number of halogens is 2. The first-order valence-corrected chi connectivity index (χ1v) is 12.4. The summed E-state index contributed by atoms with van der Waals surface area (Å²) in [5.41, 5.74) is 1.18. The van der Waals surface area contributed by atoms with E-state index in [2.05, 4.69) is 5.32 Å². The molecule has 2 aromatic rings. The summed E-state index contributed by atoms with van der Waals surface area (Å²) in [5.74, 6) is 1.16. The fraction of sp³-hybridized carbons (Fsp3) is 0.381. The number of sulfonamides is 1. The smallest absolute Gasteiger partial charge is 0.232 e. The Labute approximate surface area is 192 Å². The molecule has 1 heterocycles. The molecule has 0 bridgehead atoms.